The molecule has 0 fully saturated rings. The second-order valence-corrected chi connectivity index (χ2v) is 8.75. The largest absolute Gasteiger partial charge is 0.544 e. The van der Waals surface area contributed by atoms with Crippen molar-refractivity contribution in [3.05, 3.63) is 16.0 Å². The first-order chi connectivity index (χ1) is 13.8. The predicted molar refractivity (Wildman–Crippen MR) is 108 cm³/mol. The SMILES string of the molecule is CCOC(=O)c1c(NC(=O)C[C@H]([NH2+]CCC[NH+](C)C)C(=O)[O-])sc2c1CCCC2. The maximum atomic E-state index is 12.5. The number of hydrogen-bond donors (Lipinski definition) is 3. The Morgan fingerprint density at radius 3 is 2.66 bits per heavy atom. The maximum Gasteiger partial charge on any atom is 0.341 e. The molecule has 29 heavy (non-hydrogen) atoms. The number of carboxylic acids is 1. The Morgan fingerprint density at radius 1 is 1.28 bits per heavy atom. The van der Waals surface area contributed by atoms with Gasteiger partial charge in [-0.25, -0.2) is 4.79 Å². The van der Waals surface area contributed by atoms with Crippen LogP contribution in [0.1, 0.15) is 53.4 Å². The van der Waals surface area contributed by atoms with Crippen LogP contribution < -0.4 is 20.6 Å². The van der Waals surface area contributed by atoms with Crippen LogP contribution in [-0.2, 0) is 27.2 Å². The average Bonchev–Trinajstić information content (AvgIpc) is 3.01. The van der Waals surface area contributed by atoms with Crippen LogP contribution >= 0.6 is 11.3 Å². The Kier molecular flexibility index (Phi) is 9.06. The van der Waals surface area contributed by atoms with E-state index in [-0.39, 0.29) is 13.0 Å². The summed E-state index contributed by atoms with van der Waals surface area (Å²) in [6, 6.07) is -0.951. The van der Waals surface area contributed by atoms with Crippen LogP contribution in [0.3, 0.4) is 0 Å². The summed E-state index contributed by atoms with van der Waals surface area (Å²) in [6.45, 7) is 3.53. The number of ether oxygens (including phenoxy) is 1. The maximum absolute atomic E-state index is 12.5. The first kappa shape index (κ1) is 23.3. The number of nitrogens with two attached hydrogens (primary N) is 1. The number of aryl methyl sites for hydroxylation is 1. The van der Waals surface area contributed by atoms with Gasteiger partial charge in [0.15, 0.2) is 0 Å². The number of hydrogen-bond acceptors (Lipinski definition) is 6. The van der Waals surface area contributed by atoms with Gasteiger partial charge in [0.1, 0.15) is 11.0 Å². The lowest BCUT2D eigenvalue weighted by Gasteiger charge is -2.17. The van der Waals surface area contributed by atoms with Crippen molar-refractivity contribution in [2.45, 2.75) is 51.5 Å². The summed E-state index contributed by atoms with van der Waals surface area (Å²) >= 11 is 1.40. The van der Waals surface area contributed by atoms with Crippen LogP contribution in [0.15, 0.2) is 0 Å². The predicted octanol–water partition coefficient (Wildman–Crippen LogP) is -1.65. The zero-order valence-electron chi connectivity index (χ0n) is 17.5. The first-order valence-corrected chi connectivity index (χ1v) is 11.1. The lowest BCUT2D eigenvalue weighted by atomic mass is 9.95. The van der Waals surface area contributed by atoms with Gasteiger partial charge >= 0.3 is 5.97 Å². The summed E-state index contributed by atoms with van der Waals surface area (Å²) in [5, 5.41) is 16.3. The molecule has 1 heterocycles. The number of esters is 1. The van der Waals surface area contributed by atoms with Crippen molar-refractivity contribution in [2.24, 2.45) is 0 Å². The minimum atomic E-state index is -1.26. The fraction of sp³-hybridized carbons (Fsp3) is 0.650. The highest BCUT2D eigenvalue weighted by molar-refractivity contribution is 7.17. The van der Waals surface area contributed by atoms with Crippen molar-refractivity contribution in [3.8, 4) is 0 Å². The van der Waals surface area contributed by atoms with E-state index in [0.29, 0.717) is 17.1 Å². The van der Waals surface area contributed by atoms with E-state index in [0.717, 1.165) is 49.1 Å². The molecular formula is C20H32N3O5S+. The highest BCUT2D eigenvalue weighted by Gasteiger charge is 2.28. The molecule has 0 radical (unpaired) electrons. The number of carbonyl (C=O) groups is 3. The number of carboxylic acid groups (broad SMARTS) is 1. The fourth-order valence-electron chi connectivity index (χ4n) is 3.49. The number of thiophene rings is 1. The molecule has 0 saturated carbocycles. The smallest absolute Gasteiger partial charge is 0.341 e. The van der Waals surface area contributed by atoms with E-state index in [2.05, 4.69) is 5.32 Å². The van der Waals surface area contributed by atoms with Crippen LogP contribution in [0.5, 0.6) is 0 Å². The molecular weight excluding hydrogens is 394 g/mol. The first-order valence-electron chi connectivity index (χ1n) is 10.3. The summed E-state index contributed by atoms with van der Waals surface area (Å²) in [5.74, 6) is -2.12. The third-order valence-electron chi connectivity index (χ3n) is 4.94. The molecule has 1 amide bonds. The third-order valence-corrected chi connectivity index (χ3v) is 6.15. The molecule has 162 valence electrons. The molecule has 8 nitrogen and oxygen atoms in total. The molecule has 1 aliphatic carbocycles. The molecule has 2 rings (SSSR count). The fourth-order valence-corrected chi connectivity index (χ4v) is 4.78. The Balaban J connectivity index is 2.05. The molecule has 4 N–H and O–H groups in total. The van der Waals surface area contributed by atoms with Crippen molar-refractivity contribution in [1.82, 2.24) is 0 Å². The van der Waals surface area contributed by atoms with Crippen molar-refractivity contribution in [1.29, 1.82) is 0 Å². The standard InChI is InChI=1S/C20H31N3O5S/c1-4-28-20(27)17-13-8-5-6-9-15(13)29-18(17)22-16(24)12-14(19(25)26)21-10-7-11-23(2)3/h14,21H,4-12H2,1-3H3,(H,22,24)(H,25,26)/p+1/t14-/m0/s1. The third kappa shape index (κ3) is 6.80. The van der Waals surface area contributed by atoms with Gasteiger partial charge in [0.25, 0.3) is 0 Å². The highest BCUT2D eigenvalue weighted by atomic mass is 32.1. The zero-order chi connectivity index (χ0) is 21.4. The Labute approximate surface area is 175 Å². The van der Waals surface area contributed by atoms with Crippen molar-refractivity contribution < 1.29 is 34.4 Å². The number of nitrogens with one attached hydrogen (secondary N) is 2. The quantitative estimate of drug-likeness (QED) is 0.290. The van der Waals surface area contributed by atoms with Crippen LogP contribution in [0.4, 0.5) is 5.00 Å². The van der Waals surface area contributed by atoms with Crippen LogP contribution in [-0.4, -0.2) is 57.7 Å². The second-order valence-electron chi connectivity index (χ2n) is 7.65. The van der Waals surface area contributed by atoms with Gasteiger partial charge in [0.2, 0.25) is 5.91 Å². The molecule has 0 aromatic carbocycles. The molecule has 9 heteroatoms. The molecule has 0 bridgehead atoms. The zero-order valence-corrected chi connectivity index (χ0v) is 18.3. The monoisotopic (exact) mass is 426 g/mol. The van der Waals surface area contributed by atoms with E-state index in [1.54, 1.807) is 12.2 Å². The van der Waals surface area contributed by atoms with Crippen LogP contribution in [0, 0.1) is 0 Å². The molecule has 0 aliphatic heterocycles. The van der Waals surface area contributed by atoms with Crippen LogP contribution in [0.2, 0.25) is 0 Å². The summed E-state index contributed by atoms with van der Waals surface area (Å²) < 4.78 is 5.18. The number of anilines is 1. The molecule has 0 saturated heterocycles. The van der Waals surface area contributed by atoms with Crippen molar-refractivity contribution in [3.63, 3.8) is 0 Å². The molecule has 0 unspecified atom stereocenters. The molecule has 0 spiro atoms. The van der Waals surface area contributed by atoms with Crippen molar-refractivity contribution >= 4 is 34.2 Å². The van der Waals surface area contributed by atoms with E-state index in [9.17, 15) is 19.5 Å². The number of carbonyl (C=O) groups excluding carboxylic acids is 3. The number of rotatable bonds is 11. The topological polar surface area (TPSA) is 117 Å². The van der Waals surface area contributed by atoms with E-state index in [1.807, 2.05) is 14.1 Å². The molecule has 1 atom stereocenters. The number of quaternary nitrogens is 2. The van der Waals surface area contributed by atoms with Gasteiger partial charge in [-0.05, 0) is 38.2 Å². The summed E-state index contributed by atoms with van der Waals surface area (Å²) in [4.78, 5) is 38.8. The van der Waals surface area contributed by atoms with E-state index >= 15 is 0 Å². The Hall–Kier alpha value is -1.97. The van der Waals surface area contributed by atoms with Gasteiger partial charge in [-0.15, -0.1) is 11.3 Å². The number of aliphatic carboxylic acids is 1. The van der Waals surface area contributed by atoms with Gasteiger partial charge in [0, 0.05) is 11.3 Å². The highest BCUT2D eigenvalue weighted by Crippen LogP contribution is 2.38. The van der Waals surface area contributed by atoms with Gasteiger partial charge in [-0.3, -0.25) is 4.79 Å². The number of fused-ring (bicyclic) bond motifs is 1. The lowest BCUT2D eigenvalue weighted by Crippen LogP contribution is -3.06. The summed E-state index contributed by atoms with van der Waals surface area (Å²) in [7, 11) is 4.07. The second kappa shape index (κ2) is 11.3. The molecule has 1 aromatic rings. The Morgan fingerprint density at radius 2 is 2.00 bits per heavy atom. The number of amides is 1. The van der Waals surface area contributed by atoms with Gasteiger partial charge < -0.3 is 30.2 Å². The van der Waals surface area contributed by atoms with E-state index < -0.39 is 23.9 Å². The van der Waals surface area contributed by atoms with Crippen LogP contribution in [0.25, 0.3) is 0 Å². The van der Waals surface area contributed by atoms with Gasteiger partial charge in [-0.2, -0.15) is 0 Å². The minimum Gasteiger partial charge on any atom is -0.544 e. The van der Waals surface area contributed by atoms with E-state index in [1.165, 1.54) is 16.2 Å². The van der Waals surface area contributed by atoms with E-state index in [4.69, 9.17) is 4.74 Å². The minimum absolute atomic E-state index is 0.206. The molecule has 1 aromatic heterocycles. The normalized spacial score (nSPS) is 14.3. The van der Waals surface area contributed by atoms with Crippen molar-refractivity contribution in [2.75, 3.05) is 39.1 Å². The summed E-state index contributed by atoms with van der Waals surface area (Å²) in [6.07, 6.45) is 4.37. The molecule has 1 aliphatic rings. The van der Waals surface area contributed by atoms with Gasteiger partial charge in [0.05, 0.1) is 51.7 Å². The lowest BCUT2D eigenvalue weighted by molar-refractivity contribution is -0.860. The van der Waals surface area contributed by atoms with Gasteiger partial charge in [-0.1, -0.05) is 0 Å². The average molecular weight is 427 g/mol. The Bertz CT molecular complexity index is 732. The summed E-state index contributed by atoms with van der Waals surface area (Å²) in [5.41, 5.74) is 1.40.